The lowest BCUT2D eigenvalue weighted by Crippen LogP contribution is -2.30. The summed E-state index contributed by atoms with van der Waals surface area (Å²) < 4.78 is 26.9. The molecule has 6 heteroatoms. The number of hydrogen-bond donors (Lipinski definition) is 1. The van der Waals surface area contributed by atoms with Gasteiger partial charge in [-0.1, -0.05) is 23.8 Å². The molecule has 2 aromatic rings. The Hall–Kier alpha value is -1.92. The minimum Gasteiger partial charge on any atom is -0.269 e. The maximum atomic E-state index is 12.4. The van der Waals surface area contributed by atoms with Gasteiger partial charge in [0.25, 0.3) is 15.9 Å². The summed E-state index contributed by atoms with van der Waals surface area (Å²) in [6.45, 7) is 5.35. The largest absolute Gasteiger partial charge is 0.269 e. The van der Waals surface area contributed by atoms with Crippen LogP contribution in [0.4, 0.5) is 0 Å². The van der Waals surface area contributed by atoms with Gasteiger partial charge in [-0.25, -0.2) is 13.1 Å². The molecule has 0 saturated heterocycles. The lowest BCUT2D eigenvalue weighted by atomic mass is 10.1. The van der Waals surface area contributed by atoms with Crippen molar-refractivity contribution in [2.24, 2.45) is 0 Å². The highest BCUT2D eigenvalue weighted by molar-refractivity contribution is 7.90. The van der Waals surface area contributed by atoms with E-state index >= 15 is 0 Å². The zero-order chi connectivity index (χ0) is 16.3. The molecule has 1 amide bonds. The predicted octanol–water partition coefficient (Wildman–Crippen LogP) is 3.19. The third-order valence-corrected chi connectivity index (χ3v) is 5.54. The maximum Gasteiger partial charge on any atom is 0.264 e. The smallest absolute Gasteiger partial charge is 0.264 e. The maximum absolute atomic E-state index is 12.4. The summed E-state index contributed by atoms with van der Waals surface area (Å²) in [7, 11) is -3.88. The first kappa shape index (κ1) is 16.5. The average Bonchev–Trinajstić information content (AvgIpc) is 2.86. The summed E-state index contributed by atoms with van der Waals surface area (Å²) in [5, 5.41) is 1.88. The quantitative estimate of drug-likeness (QED) is 0.873. The van der Waals surface area contributed by atoms with Gasteiger partial charge in [-0.15, -0.1) is 11.3 Å². The van der Waals surface area contributed by atoms with Gasteiger partial charge in [0.15, 0.2) is 0 Å². The normalized spacial score (nSPS) is 11.8. The number of hydrogen-bond acceptors (Lipinski definition) is 4. The van der Waals surface area contributed by atoms with Crippen LogP contribution in [0.15, 0.2) is 40.6 Å². The van der Waals surface area contributed by atoms with Crippen LogP contribution < -0.4 is 4.72 Å². The lowest BCUT2D eigenvalue weighted by Gasteiger charge is -2.12. The van der Waals surface area contributed by atoms with Crippen LogP contribution in [-0.4, -0.2) is 14.3 Å². The van der Waals surface area contributed by atoms with E-state index in [9.17, 15) is 13.2 Å². The molecule has 2 rings (SSSR count). The first-order valence-electron chi connectivity index (χ1n) is 6.66. The SMILES string of the molecule is Cc1cc(C)c(S(=O)(=O)NC(=O)/C=C/c2cccs2)c(C)c1. The molecular formula is C16H17NO3S2. The molecule has 0 aliphatic rings. The van der Waals surface area contributed by atoms with Gasteiger partial charge in [0.05, 0.1) is 4.90 Å². The average molecular weight is 335 g/mol. The van der Waals surface area contributed by atoms with Crippen LogP contribution in [0.25, 0.3) is 6.08 Å². The summed E-state index contributed by atoms with van der Waals surface area (Å²) in [5.74, 6) is -0.659. The summed E-state index contributed by atoms with van der Waals surface area (Å²) in [5.41, 5.74) is 2.23. The second-order valence-electron chi connectivity index (χ2n) is 5.05. The Bertz CT molecular complexity index is 796. The van der Waals surface area contributed by atoms with Crippen LogP contribution in [0.3, 0.4) is 0 Å². The van der Waals surface area contributed by atoms with Crippen molar-refractivity contribution in [1.82, 2.24) is 4.72 Å². The van der Waals surface area contributed by atoms with Crippen LogP contribution in [0.2, 0.25) is 0 Å². The zero-order valence-electron chi connectivity index (χ0n) is 12.6. The number of aryl methyl sites for hydroxylation is 3. The molecule has 116 valence electrons. The van der Waals surface area contributed by atoms with Crippen molar-refractivity contribution in [2.75, 3.05) is 0 Å². The van der Waals surface area contributed by atoms with Crippen molar-refractivity contribution in [3.05, 3.63) is 57.3 Å². The van der Waals surface area contributed by atoms with E-state index in [0.29, 0.717) is 11.1 Å². The summed E-state index contributed by atoms with van der Waals surface area (Å²) in [6, 6.07) is 7.27. The number of rotatable bonds is 4. The molecule has 0 aliphatic heterocycles. The molecular weight excluding hydrogens is 318 g/mol. The molecule has 0 saturated carbocycles. The molecule has 4 nitrogen and oxygen atoms in total. The van der Waals surface area contributed by atoms with E-state index in [-0.39, 0.29) is 4.90 Å². The fourth-order valence-electron chi connectivity index (χ4n) is 2.35. The molecule has 1 aromatic heterocycles. The van der Waals surface area contributed by atoms with Gasteiger partial charge in [0.1, 0.15) is 0 Å². The fraction of sp³-hybridized carbons (Fsp3) is 0.188. The van der Waals surface area contributed by atoms with Crippen LogP contribution >= 0.6 is 11.3 Å². The summed E-state index contributed by atoms with van der Waals surface area (Å²) >= 11 is 1.47. The first-order valence-corrected chi connectivity index (χ1v) is 9.02. The number of carbonyl (C=O) groups excluding carboxylic acids is 1. The van der Waals surface area contributed by atoms with Crippen molar-refractivity contribution in [1.29, 1.82) is 0 Å². The second kappa shape index (κ2) is 6.46. The highest BCUT2D eigenvalue weighted by atomic mass is 32.2. The van der Waals surface area contributed by atoms with Gasteiger partial charge in [-0.2, -0.15) is 0 Å². The first-order chi connectivity index (χ1) is 10.3. The number of nitrogens with one attached hydrogen (secondary N) is 1. The van der Waals surface area contributed by atoms with Crippen LogP contribution in [-0.2, 0) is 14.8 Å². The number of thiophene rings is 1. The van der Waals surface area contributed by atoms with Crippen LogP contribution in [0.1, 0.15) is 21.6 Å². The molecule has 0 radical (unpaired) electrons. The number of benzene rings is 1. The molecule has 1 aromatic carbocycles. The van der Waals surface area contributed by atoms with E-state index in [1.807, 2.05) is 24.4 Å². The fourth-order valence-corrected chi connectivity index (χ4v) is 4.37. The topological polar surface area (TPSA) is 63.2 Å². The van der Waals surface area contributed by atoms with Gasteiger partial charge in [-0.3, -0.25) is 4.79 Å². The highest BCUT2D eigenvalue weighted by Crippen LogP contribution is 2.21. The Labute approximate surface area is 134 Å². The monoisotopic (exact) mass is 335 g/mol. The van der Waals surface area contributed by atoms with Crippen LogP contribution in [0, 0.1) is 20.8 Å². The van der Waals surface area contributed by atoms with Gasteiger partial charge in [0, 0.05) is 11.0 Å². The minimum absolute atomic E-state index is 0.163. The molecule has 0 atom stereocenters. The highest BCUT2D eigenvalue weighted by Gasteiger charge is 2.21. The summed E-state index contributed by atoms with van der Waals surface area (Å²) in [6.07, 6.45) is 2.81. The zero-order valence-corrected chi connectivity index (χ0v) is 14.2. The molecule has 1 heterocycles. The Kier molecular flexibility index (Phi) is 4.83. The van der Waals surface area contributed by atoms with Gasteiger partial charge in [-0.05, 0) is 49.4 Å². The molecule has 0 bridgehead atoms. The predicted molar refractivity (Wildman–Crippen MR) is 89.3 cm³/mol. The Morgan fingerprint density at radius 2 is 1.82 bits per heavy atom. The van der Waals surface area contributed by atoms with Crippen LogP contribution in [0.5, 0.6) is 0 Å². The molecule has 22 heavy (non-hydrogen) atoms. The third-order valence-electron chi connectivity index (χ3n) is 3.05. The minimum atomic E-state index is -3.88. The van der Waals surface area contributed by atoms with Crippen molar-refractivity contribution in [3.63, 3.8) is 0 Å². The van der Waals surface area contributed by atoms with E-state index < -0.39 is 15.9 Å². The Morgan fingerprint density at radius 1 is 1.18 bits per heavy atom. The molecule has 0 spiro atoms. The van der Waals surface area contributed by atoms with Gasteiger partial charge >= 0.3 is 0 Å². The van der Waals surface area contributed by atoms with Crippen molar-refractivity contribution >= 4 is 33.3 Å². The standard InChI is InChI=1S/C16H17NO3S2/c1-11-9-12(2)16(13(3)10-11)22(19,20)17-15(18)7-6-14-5-4-8-21-14/h4-10H,1-3H3,(H,17,18)/b7-6+. The van der Waals surface area contributed by atoms with E-state index in [4.69, 9.17) is 0 Å². The summed E-state index contributed by atoms with van der Waals surface area (Å²) in [4.78, 5) is 12.9. The van der Waals surface area contributed by atoms with Gasteiger partial charge in [0.2, 0.25) is 0 Å². The third kappa shape index (κ3) is 3.84. The van der Waals surface area contributed by atoms with Gasteiger partial charge < -0.3 is 0 Å². The van der Waals surface area contributed by atoms with E-state index in [1.54, 1.807) is 32.1 Å². The second-order valence-corrected chi connectivity index (χ2v) is 7.64. The van der Waals surface area contributed by atoms with Crippen molar-refractivity contribution < 1.29 is 13.2 Å². The molecule has 0 unspecified atom stereocenters. The Balaban J connectivity index is 2.23. The van der Waals surface area contributed by atoms with Crippen molar-refractivity contribution in [2.45, 2.75) is 25.7 Å². The number of sulfonamides is 1. The molecule has 0 fully saturated rings. The molecule has 0 aliphatic carbocycles. The Morgan fingerprint density at radius 3 is 2.36 bits per heavy atom. The number of amides is 1. The van der Waals surface area contributed by atoms with E-state index in [2.05, 4.69) is 4.72 Å². The molecule has 1 N–H and O–H groups in total. The lowest BCUT2D eigenvalue weighted by molar-refractivity contribution is -0.114. The van der Waals surface area contributed by atoms with E-state index in [0.717, 1.165) is 10.4 Å². The van der Waals surface area contributed by atoms with E-state index in [1.165, 1.54) is 17.4 Å². The van der Waals surface area contributed by atoms with Crippen molar-refractivity contribution in [3.8, 4) is 0 Å². The number of carbonyl (C=O) groups is 1.